The number of hydrogen-bond donors (Lipinski definition) is 0. The predicted octanol–water partition coefficient (Wildman–Crippen LogP) is 5.86. The molecule has 0 atom stereocenters. The van der Waals surface area contributed by atoms with Crippen molar-refractivity contribution < 1.29 is 29.9 Å². The molecule has 0 N–H and O–H groups in total. The van der Waals surface area contributed by atoms with Gasteiger partial charge in [-0.2, -0.15) is 0 Å². The third-order valence-corrected chi connectivity index (χ3v) is 3.81. The van der Waals surface area contributed by atoms with Crippen molar-refractivity contribution in [1.82, 2.24) is 0 Å². The van der Waals surface area contributed by atoms with Crippen molar-refractivity contribution in [2.75, 3.05) is 0 Å². The van der Waals surface area contributed by atoms with Gasteiger partial charge in [0.05, 0.1) is 0 Å². The molecule has 2 nitrogen and oxygen atoms in total. The number of aliphatic imine (C=N–C) groups is 2. The zero-order valence-electron chi connectivity index (χ0n) is 11.9. The van der Waals surface area contributed by atoms with E-state index in [4.69, 9.17) is 17.4 Å². The van der Waals surface area contributed by atoms with Gasteiger partial charge in [-0.1, -0.05) is 38.5 Å². The van der Waals surface area contributed by atoms with Gasteiger partial charge in [-0.15, -0.1) is 0 Å². The van der Waals surface area contributed by atoms with Gasteiger partial charge in [-0.25, -0.2) is 0 Å². The van der Waals surface area contributed by atoms with Crippen LogP contribution >= 0.6 is 17.4 Å². The van der Waals surface area contributed by atoms with Crippen LogP contribution in [0.25, 0.3) is 0 Å². The van der Waals surface area contributed by atoms with Crippen LogP contribution in [0, 0.1) is 29.9 Å². The average molecular weight is 471 g/mol. The van der Waals surface area contributed by atoms with Gasteiger partial charge in [-0.05, 0) is 25.7 Å². The van der Waals surface area contributed by atoms with Crippen LogP contribution < -0.4 is 0 Å². The first kappa shape index (κ1) is 19.6. The summed E-state index contributed by atoms with van der Waals surface area (Å²) in [5, 5.41) is 0. The molecule has 0 bridgehead atoms. The molecule has 0 aromatic heterocycles. The molecule has 0 saturated heterocycles. The van der Waals surface area contributed by atoms with Crippen LogP contribution in [0.15, 0.2) is 9.98 Å². The van der Waals surface area contributed by atoms with Gasteiger partial charge >= 0.3 is 47.3 Å². The standard InChI is InChI=1S/C14H24N2.3ClH.Nd/c1-3-7-13(8-4-1)15-11-12-16-14-9-5-2-6-10-14;;;;/h11-14H,1-10H2;3*1H;/q;;;;+3/p-3. The predicted molar refractivity (Wildman–Crippen MR) is 88.3 cm³/mol. The fourth-order valence-corrected chi connectivity index (χ4v) is 2.78. The van der Waals surface area contributed by atoms with Crippen LogP contribution in [-0.2, 0) is 0 Å². The van der Waals surface area contributed by atoms with Gasteiger partial charge in [0, 0.05) is 24.5 Å². The Hall–Kier alpha value is 1.56. The Morgan fingerprint density at radius 1 is 0.650 bits per heavy atom. The van der Waals surface area contributed by atoms with Crippen LogP contribution in [-0.4, -0.2) is 24.5 Å². The Kier molecular flexibility index (Phi) is 12.8. The zero-order valence-corrected chi connectivity index (χ0v) is 17.4. The summed E-state index contributed by atoms with van der Waals surface area (Å²) >= 11 is -2.24. The van der Waals surface area contributed by atoms with Gasteiger partial charge < -0.3 is 0 Å². The van der Waals surface area contributed by atoms with Crippen molar-refractivity contribution in [3.63, 3.8) is 0 Å². The van der Waals surface area contributed by atoms with E-state index >= 15 is 0 Å². The fourth-order valence-electron chi connectivity index (χ4n) is 2.78. The summed E-state index contributed by atoms with van der Waals surface area (Å²) in [4.78, 5) is 9.19. The maximum absolute atomic E-state index is 5.02. The topological polar surface area (TPSA) is 24.7 Å². The molecular weight excluding hydrogens is 447 g/mol. The minimum absolute atomic E-state index is 0.589. The molecule has 0 amide bonds. The Balaban J connectivity index is 0.000000444. The van der Waals surface area contributed by atoms with Crippen molar-refractivity contribution in [3.05, 3.63) is 0 Å². The normalized spacial score (nSPS) is 21.9. The van der Waals surface area contributed by atoms with Gasteiger partial charge in [-0.3, -0.25) is 9.98 Å². The second-order valence-electron chi connectivity index (χ2n) is 5.39. The number of halogens is 3. The Bertz CT molecular complexity index is 257. The monoisotopic (exact) mass is 467 g/mol. The van der Waals surface area contributed by atoms with E-state index in [2.05, 4.69) is 9.98 Å². The summed E-state index contributed by atoms with van der Waals surface area (Å²) in [5.41, 5.74) is 0. The van der Waals surface area contributed by atoms with Crippen molar-refractivity contribution >= 4 is 29.8 Å². The Morgan fingerprint density at radius 2 is 0.950 bits per heavy atom. The van der Waals surface area contributed by atoms with Crippen molar-refractivity contribution in [2.45, 2.75) is 76.3 Å². The zero-order chi connectivity index (χ0) is 14.6. The molecule has 20 heavy (non-hydrogen) atoms. The van der Waals surface area contributed by atoms with Crippen molar-refractivity contribution in [2.24, 2.45) is 9.98 Å². The summed E-state index contributed by atoms with van der Waals surface area (Å²) in [6.45, 7) is 0. The molecule has 0 unspecified atom stereocenters. The van der Waals surface area contributed by atoms with Gasteiger partial charge in [0.2, 0.25) is 0 Å². The molecule has 0 aliphatic heterocycles. The van der Waals surface area contributed by atoms with Crippen LogP contribution in [0.3, 0.4) is 0 Å². The van der Waals surface area contributed by atoms with E-state index in [0.717, 1.165) is 0 Å². The number of hydrogen-bond acceptors (Lipinski definition) is 2. The third-order valence-electron chi connectivity index (χ3n) is 3.81. The second kappa shape index (κ2) is 13.0. The van der Waals surface area contributed by atoms with Crippen LogP contribution in [0.2, 0.25) is 0 Å². The molecule has 0 spiro atoms. The molecule has 2 rings (SSSR count). The average Bonchev–Trinajstić information content (AvgIpc) is 2.45. The van der Waals surface area contributed by atoms with E-state index in [0.29, 0.717) is 12.1 Å². The summed E-state index contributed by atoms with van der Waals surface area (Å²) < 4.78 is 0. The Labute approximate surface area is 144 Å². The molecule has 115 valence electrons. The molecule has 2 aliphatic carbocycles. The van der Waals surface area contributed by atoms with Crippen LogP contribution in [0.4, 0.5) is 0 Å². The first-order chi connectivity index (χ1) is 9.68. The fraction of sp³-hybridized carbons (Fsp3) is 0.857. The Morgan fingerprint density at radius 3 is 1.25 bits per heavy atom. The number of nitrogens with zero attached hydrogens (tertiary/aromatic N) is 2. The van der Waals surface area contributed by atoms with Crippen molar-refractivity contribution in [1.29, 1.82) is 0 Å². The molecule has 2 saturated carbocycles. The molecule has 0 aromatic carbocycles. The van der Waals surface area contributed by atoms with Crippen LogP contribution in [0.5, 0.6) is 0 Å². The maximum atomic E-state index is 5.02. The molecule has 0 radical (unpaired) electrons. The molecule has 0 aromatic rings. The van der Waals surface area contributed by atoms with Gasteiger partial charge in [0.15, 0.2) is 0 Å². The molecule has 2 aliphatic rings. The number of rotatable bonds is 3. The summed E-state index contributed by atoms with van der Waals surface area (Å²) in [7, 11) is 0. The molecular formula is C14H24Cl3N2Nd. The van der Waals surface area contributed by atoms with Crippen molar-refractivity contribution in [3.8, 4) is 0 Å². The minimum atomic E-state index is -2.24. The summed E-state index contributed by atoms with van der Waals surface area (Å²) in [6, 6.07) is 1.18. The van der Waals surface area contributed by atoms with E-state index in [9.17, 15) is 0 Å². The first-order valence-corrected chi connectivity index (χ1v) is 19.6. The van der Waals surface area contributed by atoms with E-state index in [1.807, 2.05) is 12.4 Å². The van der Waals surface area contributed by atoms with E-state index in [1.54, 1.807) is 0 Å². The summed E-state index contributed by atoms with van der Waals surface area (Å²) in [6.07, 6.45) is 17.3. The van der Waals surface area contributed by atoms with E-state index in [1.165, 1.54) is 64.2 Å². The molecule has 0 heterocycles. The summed E-state index contributed by atoms with van der Waals surface area (Å²) in [5.74, 6) is 15.1. The molecule has 6 heteroatoms. The van der Waals surface area contributed by atoms with Crippen LogP contribution in [0.1, 0.15) is 64.2 Å². The second-order valence-corrected chi connectivity index (χ2v) is 19.5. The molecule has 2 fully saturated rings. The van der Waals surface area contributed by atoms with E-state index in [-0.39, 0.29) is 0 Å². The van der Waals surface area contributed by atoms with Gasteiger partial charge in [0.1, 0.15) is 0 Å². The SMILES string of the molecule is C(C=NC1CCCCC1)=NC1CCCCC1.[Cl][Nd]([Cl])[Cl]. The third kappa shape index (κ3) is 11.2. The first-order valence-electron chi connectivity index (χ1n) is 7.57. The van der Waals surface area contributed by atoms with Gasteiger partial charge in [0.25, 0.3) is 0 Å². The quantitative estimate of drug-likeness (QED) is 0.461. The van der Waals surface area contributed by atoms with E-state index < -0.39 is 29.9 Å².